The molecule has 1 saturated carbocycles. The predicted octanol–water partition coefficient (Wildman–Crippen LogP) is 4.97. The second-order valence-corrected chi connectivity index (χ2v) is 12.1. The molecule has 0 spiro atoms. The highest BCUT2D eigenvalue weighted by Gasteiger charge is 2.33. The van der Waals surface area contributed by atoms with Gasteiger partial charge < -0.3 is 10.2 Å². The van der Waals surface area contributed by atoms with Crippen LogP contribution in [-0.2, 0) is 26.2 Å². The number of amides is 2. The van der Waals surface area contributed by atoms with E-state index < -0.39 is 28.5 Å². The first-order chi connectivity index (χ1) is 18.7. The maximum Gasteiger partial charge on any atom is 0.264 e. The van der Waals surface area contributed by atoms with Crippen molar-refractivity contribution in [2.24, 2.45) is 0 Å². The van der Waals surface area contributed by atoms with E-state index in [0.29, 0.717) is 5.69 Å². The standard InChI is InChI=1S/C31H37N3O4S/c1-23-17-19-28(20-18-23)34(39(37,38)29-15-5-4-6-16-29)22-30(35)33(21-26-12-8-7-11-24(26)2)25(3)31(36)32-27-13-9-10-14-27/h4-8,11-12,15-20,25,27H,9-10,13-14,21-22H2,1-3H3,(H,32,36)/t25-/m1/s1. The van der Waals surface area contributed by atoms with Crippen LogP contribution in [0.15, 0.2) is 83.8 Å². The molecule has 206 valence electrons. The number of carbonyl (C=O) groups excluding carboxylic acids is 2. The Labute approximate surface area is 231 Å². The van der Waals surface area contributed by atoms with Gasteiger partial charge in [-0.25, -0.2) is 8.42 Å². The van der Waals surface area contributed by atoms with Gasteiger partial charge >= 0.3 is 0 Å². The van der Waals surface area contributed by atoms with Crippen LogP contribution in [0.4, 0.5) is 5.69 Å². The van der Waals surface area contributed by atoms with Gasteiger partial charge in [-0.1, -0.05) is 73.0 Å². The van der Waals surface area contributed by atoms with E-state index in [0.717, 1.165) is 46.7 Å². The molecule has 0 aliphatic heterocycles. The number of nitrogens with one attached hydrogen (secondary N) is 1. The third kappa shape index (κ3) is 6.87. The van der Waals surface area contributed by atoms with Crippen molar-refractivity contribution < 1.29 is 18.0 Å². The molecule has 8 heteroatoms. The Morgan fingerprint density at radius 1 is 0.897 bits per heavy atom. The van der Waals surface area contributed by atoms with Gasteiger partial charge in [0.15, 0.2) is 0 Å². The minimum atomic E-state index is -4.06. The van der Waals surface area contributed by atoms with Crippen LogP contribution >= 0.6 is 0 Å². The number of anilines is 1. The second kappa shape index (κ2) is 12.5. The fourth-order valence-corrected chi connectivity index (χ4v) is 6.34. The van der Waals surface area contributed by atoms with E-state index in [9.17, 15) is 18.0 Å². The second-order valence-electron chi connectivity index (χ2n) is 10.3. The van der Waals surface area contributed by atoms with E-state index in [1.54, 1.807) is 37.3 Å². The van der Waals surface area contributed by atoms with Gasteiger partial charge in [0.25, 0.3) is 10.0 Å². The van der Waals surface area contributed by atoms with Gasteiger partial charge in [0.1, 0.15) is 12.6 Å². The number of rotatable bonds is 10. The van der Waals surface area contributed by atoms with E-state index in [1.807, 2.05) is 50.2 Å². The van der Waals surface area contributed by atoms with Crippen molar-refractivity contribution in [3.05, 3.63) is 95.6 Å². The first kappa shape index (κ1) is 28.4. The molecule has 1 atom stereocenters. The average Bonchev–Trinajstić information content (AvgIpc) is 3.45. The Morgan fingerprint density at radius 3 is 2.15 bits per heavy atom. The molecule has 0 heterocycles. The summed E-state index contributed by atoms with van der Waals surface area (Å²) >= 11 is 0. The number of aryl methyl sites for hydroxylation is 2. The molecule has 39 heavy (non-hydrogen) atoms. The van der Waals surface area contributed by atoms with E-state index in [4.69, 9.17) is 0 Å². The van der Waals surface area contributed by atoms with Crippen LogP contribution in [0.1, 0.15) is 49.3 Å². The van der Waals surface area contributed by atoms with Crippen molar-refractivity contribution >= 4 is 27.5 Å². The van der Waals surface area contributed by atoms with E-state index in [2.05, 4.69) is 5.32 Å². The summed E-state index contributed by atoms with van der Waals surface area (Å²) in [5, 5.41) is 3.10. The molecule has 0 bridgehead atoms. The minimum Gasteiger partial charge on any atom is -0.352 e. The first-order valence-electron chi connectivity index (χ1n) is 13.5. The Kier molecular flexibility index (Phi) is 9.07. The highest BCUT2D eigenvalue weighted by atomic mass is 32.2. The van der Waals surface area contributed by atoms with Crippen LogP contribution < -0.4 is 9.62 Å². The number of sulfonamides is 1. The fraction of sp³-hybridized carbons (Fsp3) is 0.355. The van der Waals surface area contributed by atoms with Gasteiger partial charge in [0, 0.05) is 12.6 Å². The Bertz CT molecular complexity index is 1380. The fourth-order valence-electron chi connectivity index (χ4n) is 4.91. The monoisotopic (exact) mass is 547 g/mol. The lowest BCUT2D eigenvalue weighted by Crippen LogP contribution is -2.52. The number of hydrogen-bond acceptors (Lipinski definition) is 4. The third-order valence-electron chi connectivity index (χ3n) is 7.40. The van der Waals surface area contributed by atoms with E-state index in [-0.39, 0.29) is 23.4 Å². The average molecular weight is 548 g/mol. The van der Waals surface area contributed by atoms with Gasteiger partial charge in [-0.05, 0) is 69.0 Å². The zero-order valence-corrected chi connectivity index (χ0v) is 23.7. The van der Waals surface area contributed by atoms with Gasteiger partial charge in [0.05, 0.1) is 10.6 Å². The molecule has 1 N–H and O–H groups in total. The third-order valence-corrected chi connectivity index (χ3v) is 9.19. The van der Waals surface area contributed by atoms with Crippen molar-refractivity contribution in [2.45, 2.75) is 70.0 Å². The van der Waals surface area contributed by atoms with Crippen LogP contribution in [0, 0.1) is 13.8 Å². The quantitative estimate of drug-likeness (QED) is 0.388. The molecule has 1 aliphatic carbocycles. The number of nitrogens with zero attached hydrogens (tertiary/aromatic N) is 2. The van der Waals surface area contributed by atoms with E-state index >= 15 is 0 Å². The summed E-state index contributed by atoms with van der Waals surface area (Å²) in [7, 11) is -4.06. The Balaban J connectivity index is 1.68. The van der Waals surface area contributed by atoms with Crippen molar-refractivity contribution in [1.82, 2.24) is 10.2 Å². The SMILES string of the molecule is Cc1ccc(N(CC(=O)N(Cc2ccccc2C)[C@H](C)C(=O)NC2CCCC2)S(=O)(=O)c2ccccc2)cc1. The van der Waals surface area contributed by atoms with Gasteiger partial charge in [-0.3, -0.25) is 13.9 Å². The lowest BCUT2D eigenvalue weighted by molar-refractivity contribution is -0.139. The van der Waals surface area contributed by atoms with Gasteiger partial charge in [-0.2, -0.15) is 0 Å². The molecule has 7 nitrogen and oxygen atoms in total. The minimum absolute atomic E-state index is 0.0934. The van der Waals surface area contributed by atoms with Crippen LogP contribution in [0.25, 0.3) is 0 Å². The molecule has 4 rings (SSSR count). The summed E-state index contributed by atoms with van der Waals surface area (Å²) in [6, 6.07) is 22.2. The molecule has 3 aromatic rings. The van der Waals surface area contributed by atoms with Crippen molar-refractivity contribution in [3.8, 4) is 0 Å². The van der Waals surface area contributed by atoms with Crippen LogP contribution in [-0.4, -0.2) is 43.8 Å². The Hall–Kier alpha value is -3.65. The lowest BCUT2D eigenvalue weighted by Gasteiger charge is -2.33. The highest BCUT2D eigenvalue weighted by Crippen LogP contribution is 2.25. The smallest absolute Gasteiger partial charge is 0.264 e. The zero-order valence-electron chi connectivity index (χ0n) is 22.8. The maximum absolute atomic E-state index is 14.0. The lowest BCUT2D eigenvalue weighted by atomic mass is 10.1. The summed E-state index contributed by atoms with van der Waals surface area (Å²) in [4.78, 5) is 28.9. The Morgan fingerprint density at radius 2 is 1.51 bits per heavy atom. The molecule has 0 aromatic heterocycles. The first-order valence-corrected chi connectivity index (χ1v) is 14.9. The number of hydrogen-bond donors (Lipinski definition) is 1. The van der Waals surface area contributed by atoms with E-state index in [1.165, 1.54) is 17.0 Å². The maximum atomic E-state index is 14.0. The summed E-state index contributed by atoms with van der Waals surface area (Å²) < 4.78 is 28.7. The van der Waals surface area contributed by atoms with Gasteiger partial charge in [0.2, 0.25) is 11.8 Å². The molecular formula is C31H37N3O4S. The summed E-state index contributed by atoms with van der Waals surface area (Å²) in [6.07, 6.45) is 4.02. The van der Waals surface area contributed by atoms with Gasteiger partial charge in [-0.15, -0.1) is 0 Å². The normalized spacial score (nSPS) is 14.5. The molecule has 0 saturated heterocycles. The van der Waals surface area contributed by atoms with Crippen LogP contribution in [0.3, 0.4) is 0 Å². The molecule has 0 radical (unpaired) electrons. The number of carbonyl (C=O) groups is 2. The summed E-state index contributed by atoms with van der Waals surface area (Å²) in [5.41, 5.74) is 3.25. The van der Waals surface area contributed by atoms with Crippen molar-refractivity contribution in [1.29, 1.82) is 0 Å². The molecule has 1 fully saturated rings. The van der Waals surface area contributed by atoms with Crippen molar-refractivity contribution in [2.75, 3.05) is 10.8 Å². The summed E-state index contributed by atoms with van der Waals surface area (Å²) in [5.74, 6) is -0.677. The van der Waals surface area contributed by atoms with Crippen LogP contribution in [0.2, 0.25) is 0 Å². The molecule has 1 aliphatic rings. The summed E-state index contributed by atoms with van der Waals surface area (Å²) in [6.45, 7) is 5.34. The van der Waals surface area contributed by atoms with Crippen LogP contribution in [0.5, 0.6) is 0 Å². The largest absolute Gasteiger partial charge is 0.352 e. The molecule has 3 aromatic carbocycles. The molecule has 2 amide bonds. The zero-order chi connectivity index (χ0) is 28.0. The predicted molar refractivity (Wildman–Crippen MR) is 154 cm³/mol. The molecular weight excluding hydrogens is 510 g/mol. The van der Waals surface area contributed by atoms with Crippen molar-refractivity contribution in [3.63, 3.8) is 0 Å². The number of benzene rings is 3. The molecule has 0 unspecified atom stereocenters. The highest BCUT2D eigenvalue weighted by molar-refractivity contribution is 7.92. The topological polar surface area (TPSA) is 86.8 Å².